The van der Waals surface area contributed by atoms with Crippen LogP contribution in [0.3, 0.4) is 0 Å². The van der Waals surface area contributed by atoms with Gasteiger partial charge in [-0.1, -0.05) is 12.1 Å². The predicted octanol–water partition coefficient (Wildman–Crippen LogP) is 2.22. The van der Waals surface area contributed by atoms with Crippen LogP contribution in [-0.2, 0) is 4.74 Å². The van der Waals surface area contributed by atoms with E-state index in [2.05, 4.69) is 9.80 Å². The Kier molecular flexibility index (Phi) is 3.77. The molecule has 0 spiro atoms. The summed E-state index contributed by atoms with van der Waals surface area (Å²) in [6.45, 7) is 4.61. The van der Waals surface area contributed by atoms with Crippen LogP contribution in [0.2, 0.25) is 0 Å². The summed E-state index contributed by atoms with van der Waals surface area (Å²) >= 11 is 0. The number of carboxylic acids is 1. The molecule has 3 fully saturated rings. The Morgan fingerprint density at radius 2 is 1.91 bits per heavy atom. The molecule has 2 aliphatic heterocycles. The van der Waals surface area contributed by atoms with Gasteiger partial charge in [-0.05, 0) is 37.8 Å². The number of ether oxygens (including phenoxy) is 1. The summed E-state index contributed by atoms with van der Waals surface area (Å²) in [4.78, 5) is 16.6. The van der Waals surface area contributed by atoms with Gasteiger partial charge in [0.15, 0.2) is 0 Å². The average molecular weight is 316 g/mol. The second-order valence-electron chi connectivity index (χ2n) is 6.88. The molecule has 0 bridgehead atoms. The summed E-state index contributed by atoms with van der Waals surface area (Å²) in [5, 5.41) is 9.53. The van der Waals surface area contributed by atoms with E-state index in [1.807, 2.05) is 18.2 Å². The van der Waals surface area contributed by atoms with Crippen molar-refractivity contribution < 1.29 is 14.6 Å². The van der Waals surface area contributed by atoms with E-state index >= 15 is 0 Å². The number of carbonyl (C=O) groups is 1. The molecule has 1 N–H and O–H groups in total. The lowest BCUT2D eigenvalue weighted by molar-refractivity contribution is 0.00334. The standard InChI is InChI=1S/C18H24N2O3/c21-17(22)14-4-1-2-5-15(14)20-9-3-6-16(20)18(7-8-18)19-10-12-23-13-11-19/h1-2,4-5,16H,3,6-13H2,(H,21,22). The van der Waals surface area contributed by atoms with Crippen molar-refractivity contribution in [1.82, 2.24) is 4.90 Å². The largest absolute Gasteiger partial charge is 0.478 e. The number of anilines is 1. The number of hydrogen-bond donors (Lipinski definition) is 1. The van der Waals surface area contributed by atoms with Gasteiger partial charge in [0.1, 0.15) is 0 Å². The minimum Gasteiger partial charge on any atom is -0.478 e. The Morgan fingerprint density at radius 3 is 2.61 bits per heavy atom. The molecular formula is C18H24N2O3. The summed E-state index contributed by atoms with van der Waals surface area (Å²) in [7, 11) is 0. The van der Waals surface area contributed by atoms with E-state index in [9.17, 15) is 9.90 Å². The summed E-state index contributed by atoms with van der Waals surface area (Å²) in [5.41, 5.74) is 1.56. The van der Waals surface area contributed by atoms with E-state index in [0.717, 1.165) is 51.4 Å². The predicted molar refractivity (Wildman–Crippen MR) is 88.1 cm³/mol. The number of rotatable bonds is 4. The van der Waals surface area contributed by atoms with Gasteiger partial charge in [-0.3, -0.25) is 4.90 Å². The van der Waals surface area contributed by atoms with Crippen molar-refractivity contribution in [3.63, 3.8) is 0 Å². The van der Waals surface area contributed by atoms with Crippen molar-refractivity contribution in [2.75, 3.05) is 37.7 Å². The molecule has 124 valence electrons. The van der Waals surface area contributed by atoms with E-state index < -0.39 is 5.97 Å². The van der Waals surface area contributed by atoms with Crippen molar-refractivity contribution in [2.24, 2.45) is 0 Å². The number of nitrogens with zero attached hydrogens (tertiary/aromatic N) is 2. The van der Waals surface area contributed by atoms with Gasteiger partial charge in [0.2, 0.25) is 0 Å². The fraction of sp³-hybridized carbons (Fsp3) is 0.611. The van der Waals surface area contributed by atoms with Crippen LogP contribution < -0.4 is 4.90 Å². The third-order valence-corrected chi connectivity index (χ3v) is 5.72. The molecule has 1 aliphatic carbocycles. The summed E-state index contributed by atoms with van der Waals surface area (Å²) in [6.07, 6.45) is 4.75. The lowest BCUT2D eigenvalue weighted by Crippen LogP contribution is -2.55. The second kappa shape index (κ2) is 5.80. The van der Waals surface area contributed by atoms with E-state index in [1.165, 1.54) is 12.8 Å². The van der Waals surface area contributed by atoms with Crippen LogP contribution in [0.1, 0.15) is 36.0 Å². The molecule has 3 aliphatic rings. The smallest absolute Gasteiger partial charge is 0.337 e. The monoisotopic (exact) mass is 316 g/mol. The Hall–Kier alpha value is -1.59. The molecular weight excluding hydrogens is 292 g/mol. The zero-order chi connectivity index (χ0) is 15.9. The lowest BCUT2D eigenvalue weighted by Gasteiger charge is -2.42. The highest BCUT2D eigenvalue weighted by atomic mass is 16.5. The number of benzene rings is 1. The fourth-order valence-corrected chi connectivity index (χ4v) is 4.52. The highest BCUT2D eigenvalue weighted by Crippen LogP contribution is 2.51. The topological polar surface area (TPSA) is 53.0 Å². The molecule has 5 nitrogen and oxygen atoms in total. The average Bonchev–Trinajstić information content (AvgIpc) is 3.25. The Labute approximate surface area is 136 Å². The van der Waals surface area contributed by atoms with Gasteiger partial charge >= 0.3 is 5.97 Å². The maximum Gasteiger partial charge on any atom is 0.337 e. The second-order valence-corrected chi connectivity index (χ2v) is 6.88. The fourth-order valence-electron chi connectivity index (χ4n) is 4.52. The Bertz CT molecular complexity index is 594. The summed E-state index contributed by atoms with van der Waals surface area (Å²) in [5.74, 6) is -0.831. The van der Waals surface area contributed by atoms with Crippen LogP contribution in [0.4, 0.5) is 5.69 Å². The van der Waals surface area contributed by atoms with E-state index in [4.69, 9.17) is 4.74 Å². The number of morpholine rings is 1. The van der Waals surface area contributed by atoms with E-state index in [0.29, 0.717) is 11.6 Å². The molecule has 0 amide bonds. The van der Waals surface area contributed by atoms with Crippen LogP contribution in [0, 0.1) is 0 Å². The SMILES string of the molecule is O=C(O)c1ccccc1N1CCCC1C1(N2CCOCC2)CC1. The molecule has 23 heavy (non-hydrogen) atoms. The van der Waals surface area contributed by atoms with Gasteiger partial charge in [-0.2, -0.15) is 0 Å². The van der Waals surface area contributed by atoms with Crippen LogP contribution in [0.5, 0.6) is 0 Å². The first kappa shape index (κ1) is 15.0. The first-order valence-corrected chi connectivity index (χ1v) is 8.64. The van der Waals surface area contributed by atoms with Crippen molar-refractivity contribution in [1.29, 1.82) is 0 Å². The van der Waals surface area contributed by atoms with Crippen molar-refractivity contribution in [3.05, 3.63) is 29.8 Å². The number of para-hydroxylation sites is 1. The van der Waals surface area contributed by atoms with Gasteiger partial charge in [0, 0.05) is 31.2 Å². The van der Waals surface area contributed by atoms with Crippen molar-refractivity contribution in [2.45, 2.75) is 37.3 Å². The van der Waals surface area contributed by atoms with Crippen molar-refractivity contribution >= 4 is 11.7 Å². The number of hydrogen-bond acceptors (Lipinski definition) is 4. The maximum absolute atomic E-state index is 11.6. The zero-order valence-corrected chi connectivity index (χ0v) is 13.4. The molecule has 2 saturated heterocycles. The first-order valence-electron chi connectivity index (χ1n) is 8.64. The molecule has 4 rings (SSSR count). The normalized spacial score (nSPS) is 27.1. The molecule has 1 aromatic carbocycles. The Morgan fingerprint density at radius 1 is 1.17 bits per heavy atom. The van der Waals surface area contributed by atoms with E-state index in [1.54, 1.807) is 6.07 Å². The number of aromatic carboxylic acids is 1. The summed E-state index contributed by atoms with van der Waals surface area (Å²) < 4.78 is 5.51. The van der Waals surface area contributed by atoms with Crippen LogP contribution in [0.15, 0.2) is 24.3 Å². The summed E-state index contributed by atoms with van der Waals surface area (Å²) in [6, 6.07) is 7.89. The molecule has 5 heteroatoms. The first-order chi connectivity index (χ1) is 11.2. The highest BCUT2D eigenvalue weighted by molar-refractivity contribution is 5.94. The molecule has 1 atom stereocenters. The zero-order valence-electron chi connectivity index (χ0n) is 13.4. The quantitative estimate of drug-likeness (QED) is 0.923. The maximum atomic E-state index is 11.6. The van der Waals surface area contributed by atoms with E-state index in [-0.39, 0.29) is 5.54 Å². The van der Waals surface area contributed by atoms with Gasteiger partial charge in [-0.15, -0.1) is 0 Å². The molecule has 1 saturated carbocycles. The van der Waals surface area contributed by atoms with Crippen molar-refractivity contribution in [3.8, 4) is 0 Å². The van der Waals surface area contributed by atoms with Gasteiger partial charge in [0.25, 0.3) is 0 Å². The van der Waals surface area contributed by atoms with Crippen LogP contribution >= 0.6 is 0 Å². The third kappa shape index (κ3) is 2.52. The highest BCUT2D eigenvalue weighted by Gasteiger charge is 2.56. The van der Waals surface area contributed by atoms with Crippen LogP contribution in [-0.4, -0.2) is 60.4 Å². The Balaban J connectivity index is 1.64. The van der Waals surface area contributed by atoms with Crippen LogP contribution in [0.25, 0.3) is 0 Å². The van der Waals surface area contributed by atoms with Gasteiger partial charge < -0.3 is 14.7 Å². The number of carboxylic acid groups (broad SMARTS) is 1. The molecule has 1 unspecified atom stereocenters. The molecule has 1 aromatic rings. The molecule has 0 aromatic heterocycles. The lowest BCUT2D eigenvalue weighted by atomic mass is 9.99. The minimum absolute atomic E-state index is 0.242. The molecule has 0 radical (unpaired) electrons. The molecule has 2 heterocycles. The van der Waals surface area contributed by atoms with Gasteiger partial charge in [-0.25, -0.2) is 4.79 Å². The minimum atomic E-state index is -0.831. The van der Waals surface area contributed by atoms with Gasteiger partial charge in [0.05, 0.1) is 24.5 Å². The third-order valence-electron chi connectivity index (χ3n) is 5.72.